The summed E-state index contributed by atoms with van der Waals surface area (Å²) in [5.74, 6) is 1.33. The normalized spacial score (nSPS) is 12.3. The Morgan fingerprint density at radius 2 is 1.76 bits per heavy atom. The quantitative estimate of drug-likeness (QED) is 0.714. The van der Waals surface area contributed by atoms with Gasteiger partial charge in [-0.2, -0.15) is 15.0 Å². The van der Waals surface area contributed by atoms with Crippen LogP contribution in [-0.2, 0) is 6.54 Å². The highest BCUT2D eigenvalue weighted by Crippen LogP contribution is 2.24. The van der Waals surface area contributed by atoms with Crippen molar-refractivity contribution < 1.29 is 4.74 Å². The van der Waals surface area contributed by atoms with Crippen molar-refractivity contribution >= 4 is 0 Å². The highest BCUT2D eigenvalue weighted by atomic mass is 16.5. The van der Waals surface area contributed by atoms with Crippen LogP contribution in [0.3, 0.4) is 0 Å². The molecule has 1 N–H and O–H groups in total. The predicted molar refractivity (Wildman–Crippen MR) is 98.8 cm³/mol. The van der Waals surface area contributed by atoms with Crippen LogP contribution in [0.15, 0.2) is 60.8 Å². The molecular formula is C20H24N4O. The predicted octanol–water partition coefficient (Wildman–Crippen LogP) is 3.76. The van der Waals surface area contributed by atoms with Gasteiger partial charge in [0.1, 0.15) is 5.75 Å². The van der Waals surface area contributed by atoms with Gasteiger partial charge in [-0.05, 0) is 35.7 Å². The van der Waals surface area contributed by atoms with Gasteiger partial charge in [0.2, 0.25) is 0 Å². The van der Waals surface area contributed by atoms with Crippen molar-refractivity contribution in [1.82, 2.24) is 20.3 Å². The SMILES string of the molecule is COc1ccc(C(NCc2cnn(-c3ccccc3)n2)C(C)C)cc1. The van der Waals surface area contributed by atoms with Crippen molar-refractivity contribution in [3.05, 3.63) is 72.1 Å². The monoisotopic (exact) mass is 336 g/mol. The summed E-state index contributed by atoms with van der Waals surface area (Å²) in [6.07, 6.45) is 1.81. The second-order valence-corrected chi connectivity index (χ2v) is 6.34. The first-order valence-corrected chi connectivity index (χ1v) is 8.51. The summed E-state index contributed by atoms with van der Waals surface area (Å²) >= 11 is 0. The molecule has 0 bridgehead atoms. The van der Waals surface area contributed by atoms with Crippen LogP contribution in [0.25, 0.3) is 5.69 Å². The number of hydrogen-bond acceptors (Lipinski definition) is 4. The topological polar surface area (TPSA) is 52.0 Å². The smallest absolute Gasteiger partial charge is 0.118 e. The summed E-state index contributed by atoms with van der Waals surface area (Å²) in [6, 6.07) is 18.4. The van der Waals surface area contributed by atoms with Crippen LogP contribution in [0, 0.1) is 5.92 Å². The van der Waals surface area contributed by atoms with Gasteiger partial charge in [0, 0.05) is 12.6 Å². The standard InChI is InChI=1S/C20H24N4O/c1-15(2)20(16-9-11-19(25-3)12-10-16)21-13-17-14-22-24(23-17)18-7-5-4-6-8-18/h4-12,14-15,20-21H,13H2,1-3H3. The molecule has 0 aliphatic heterocycles. The number of hydrogen-bond donors (Lipinski definition) is 1. The zero-order valence-electron chi connectivity index (χ0n) is 14.9. The molecule has 0 saturated heterocycles. The molecule has 5 nitrogen and oxygen atoms in total. The van der Waals surface area contributed by atoms with Gasteiger partial charge in [-0.1, -0.05) is 44.2 Å². The lowest BCUT2D eigenvalue weighted by atomic mass is 9.96. The molecule has 25 heavy (non-hydrogen) atoms. The lowest BCUT2D eigenvalue weighted by Gasteiger charge is -2.22. The number of nitrogens with one attached hydrogen (secondary N) is 1. The van der Waals surface area contributed by atoms with Gasteiger partial charge < -0.3 is 10.1 Å². The number of para-hydroxylation sites is 1. The van der Waals surface area contributed by atoms with Crippen molar-refractivity contribution in [1.29, 1.82) is 0 Å². The van der Waals surface area contributed by atoms with E-state index in [4.69, 9.17) is 4.74 Å². The Morgan fingerprint density at radius 1 is 1.04 bits per heavy atom. The molecule has 0 aliphatic carbocycles. The van der Waals surface area contributed by atoms with Crippen LogP contribution >= 0.6 is 0 Å². The van der Waals surface area contributed by atoms with Crippen molar-refractivity contribution in [3.8, 4) is 11.4 Å². The van der Waals surface area contributed by atoms with Crippen molar-refractivity contribution in [3.63, 3.8) is 0 Å². The highest BCUT2D eigenvalue weighted by Gasteiger charge is 2.16. The summed E-state index contributed by atoms with van der Waals surface area (Å²) in [5, 5.41) is 12.5. The van der Waals surface area contributed by atoms with E-state index in [0.717, 1.165) is 17.1 Å². The third-order valence-electron chi connectivity index (χ3n) is 4.17. The minimum Gasteiger partial charge on any atom is -0.497 e. The Labute approximate surface area is 148 Å². The Hall–Kier alpha value is -2.66. The first-order chi connectivity index (χ1) is 12.2. The molecule has 1 unspecified atom stereocenters. The molecule has 130 valence electrons. The Morgan fingerprint density at radius 3 is 2.40 bits per heavy atom. The number of benzene rings is 2. The molecule has 3 rings (SSSR count). The molecule has 5 heteroatoms. The van der Waals surface area contributed by atoms with E-state index in [0.29, 0.717) is 12.5 Å². The lowest BCUT2D eigenvalue weighted by Crippen LogP contribution is -2.25. The largest absolute Gasteiger partial charge is 0.497 e. The second-order valence-electron chi connectivity index (χ2n) is 6.34. The Bertz CT molecular complexity index is 781. The number of rotatable bonds is 7. The van der Waals surface area contributed by atoms with Gasteiger partial charge in [0.05, 0.1) is 24.7 Å². The van der Waals surface area contributed by atoms with Gasteiger partial charge >= 0.3 is 0 Å². The summed E-state index contributed by atoms with van der Waals surface area (Å²) in [6.45, 7) is 5.09. The fourth-order valence-corrected chi connectivity index (χ4v) is 2.83. The van der Waals surface area contributed by atoms with E-state index in [1.807, 2.05) is 48.7 Å². The third-order valence-corrected chi connectivity index (χ3v) is 4.17. The number of methoxy groups -OCH3 is 1. The first-order valence-electron chi connectivity index (χ1n) is 8.51. The van der Waals surface area contributed by atoms with Crippen LogP contribution < -0.4 is 10.1 Å². The highest BCUT2D eigenvalue weighted by molar-refractivity contribution is 5.30. The summed E-state index contributed by atoms with van der Waals surface area (Å²) in [7, 11) is 1.68. The van der Waals surface area contributed by atoms with Crippen molar-refractivity contribution in [2.75, 3.05) is 7.11 Å². The summed E-state index contributed by atoms with van der Waals surface area (Å²) in [5.41, 5.74) is 3.12. The van der Waals surface area contributed by atoms with Crippen LogP contribution in [0.5, 0.6) is 5.75 Å². The summed E-state index contributed by atoms with van der Waals surface area (Å²) in [4.78, 5) is 1.66. The second kappa shape index (κ2) is 7.94. The summed E-state index contributed by atoms with van der Waals surface area (Å²) < 4.78 is 5.24. The molecule has 1 atom stereocenters. The number of aromatic nitrogens is 3. The minimum absolute atomic E-state index is 0.243. The maximum absolute atomic E-state index is 5.24. The fourth-order valence-electron chi connectivity index (χ4n) is 2.83. The third kappa shape index (κ3) is 4.25. The molecule has 0 aliphatic rings. The van der Waals surface area contributed by atoms with E-state index in [2.05, 4.69) is 41.5 Å². The van der Waals surface area contributed by atoms with Gasteiger partial charge in [0.15, 0.2) is 0 Å². The van der Waals surface area contributed by atoms with E-state index < -0.39 is 0 Å². The zero-order valence-corrected chi connectivity index (χ0v) is 14.9. The van der Waals surface area contributed by atoms with Crippen LogP contribution in [0.4, 0.5) is 0 Å². The first kappa shape index (κ1) is 17.2. The number of ether oxygens (including phenoxy) is 1. The molecule has 3 aromatic rings. The van der Waals surface area contributed by atoms with E-state index in [9.17, 15) is 0 Å². The fraction of sp³-hybridized carbons (Fsp3) is 0.300. The van der Waals surface area contributed by atoms with Crippen molar-refractivity contribution in [2.45, 2.75) is 26.4 Å². The molecule has 1 aromatic heterocycles. The molecule has 0 radical (unpaired) electrons. The maximum atomic E-state index is 5.24. The lowest BCUT2D eigenvalue weighted by molar-refractivity contribution is 0.402. The van der Waals surface area contributed by atoms with Crippen molar-refractivity contribution in [2.24, 2.45) is 5.92 Å². The average molecular weight is 336 g/mol. The molecule has 2 aromatic carbocycles. The molecule has 1 heterocycles. The molecule has 0 spiro atoms. The van der Waals surface area contributed by atoms with Crippen LogP contribution in [0.2, 0.25) is 0 Å². The maximum Gasteiger partial charge on any atom is 0.118 e. The van der Waals surface area contributed by atoms with Gasteiger partial charge in [0.25, 0.3) is 0 Å². The van der Waals surface area contributed by atoms with Crippen LogP contribution in [0.1, 0.15) is 31.1 Å². The van der Waals surface area contributed by atoms with E-state index >= 15 is 0 Å². The zero-order chi connectivity index (χ0) is 17.6. The Balaban J connectivity index is 1.68. The number of nitrogens with zero attached hydrogens (tertiary/aromatic N) is 3. The van der Waals surface area contributed by atoms with E-state index in [-0.39, 0.29) is 6.04 Å². The van der Waals surface area contributed by atoms with Gasteiger partial charge in [-0.15, -0.1) is 0 Å². The van der Waals surface area contributed by atoms with Gasteiger partial charge in [-0.3, -0.25) is 0 Å². The van der Waals surface area contributed by atoms with Gasteiger partial charge in [-0.25, -0.2) is 0 Å². The molecular weight excluding hydrogens is 312 g/mol. The molecule has 0 amide bonds. The minimum atomic E-state index is 0.243. The molecule has 0 fully saturated rings. The molecule has 0 saturated carbocycles. The average Bonchev–Trinajstić information content (AvgIpc) is 3.12. The Kier molecular flexibility index (Phi) is 5.46. The van der Waals surface area contributed by atoms with E-state index in [1.54, 1.807) is 11.9 Å². The van der Waals surface area contributed by atoms with Crippen LogP contribution in [-0.4, -0.2) is 22.1 Å². The van der Waals surface area contributed by atoms with E-state index in [1.165, 1.54) is 5.56 Å².